The van der Waals surface area contributed by atoms with E-state index >= 15 is 0 Å². The van der Waals surface area contributed by atoms with Crippen molar-refractivity contribution in [2.45, 2.75) is 69.2 Å². The lowest BCUT2D eigenvalue weighted by Gasteiger charge is -2.14. The monoisotopic (exact) mass is 416 g/mol. The Morgan fingerprint density at radius 2 is 1.97 bits per heavy atom. The first kappa shape index (κ1) is 19.8. The van der Waals surface area contributed by atoms with Gasteiger partial charge < -0.3 is 4.42 Å². The molecule has 3 aromatic rings. The molecule has 0 N–H and O–H groups in total. The van der Waals surface area contributed by atoms with Crippen LogP contribution in [0.2, 0.25) is 0 Å². The minimum atomic E-state index is -0.389. The average Bonchev–Trinajstić information content (AvgIpc) is 3.45. The van der Waals surface area contributed by atoms with Crippen molar-refractivity contribution in [3.8, 4) is 0 Å². The second-order valence-corrected chi connectivity index (χ2v) is 8.60. The Hall–Kier alpha value is -2.49. The van der Waals surface area contributed by atoms with Crippen molar-refractivity contribution in [2.24, 2.45) is 7.05 Å². The SMILES string of the molecule is CCCn1c(=O)n(C)c(=O)c2c(SCc3nnc(C4CC4)o3)nc(C(C)C)nc21. The Kier molecular flexibility index (Phi) is 5.28. The second-order valence-electron chi connectivity index (χ2n) is 7.64. The summed E-state index contributed by atoms with van der Waals surface area (Å²) in [6.07, 6.45) is 2.94. The fourth-order valence-electron chi connectivity index (χ4n) is 3.09. The largest absolute Gasteiger partial charge is 0.424 e. The third-order valence-electron chi connectivity index (χ3n) is 4.87. The van der Waals surface area contributed by atoms with Gasteiger partial charge in [0, 0.05) is 25.4 Å². The van der Waals surface area contributed by atoms with E-state index in [9.17, 15) is 9.59 Å². The molecule has 4 rings (SSSR count). The van der Waals surface area contributed by atoms with Crippen LogP contribution in [-0.4, -0.2) is 29.3 Å². The van der Waals surface area contributed by atoms with Crippen LogP contribution in [-0.2, 0) is 19.3 Å². The number of rotatable bonds is 7. The summed E-state index contributed by atoms with van der Waals surface area (Å²) in [5.74, 6) is 2.64. The van der Waals surface area contributed by atoms with E-state index in [-0.39, 0.29) is 17.2 Å². The van der Waals surface area contributed by atoms with E-state index < -0.39 is 0 Å². The fraction of sp³-hybridized carbons (Fsp3) is 0.579. The van der Waals surface area contributed by atoms with Crippen molar-refractivity contribution < 1.29 is 4.42 Å². The van der Waals surface area contributed by atoms with Gasteiger partial charge in [0.2, 0.25) is 11.8 Å². The molecule has 0 spiro atoms. The maximum absolute atomic E-state index is 12.9. The molecule has 0 atom stereocenters. The zero-order valence-electron chi connectivity index (χ0n) is 17.0. The van der Waals surface area contributed by atoms with E-state index in [1.54, 1.807) is 4.57 Å². The highest BCUT2D eigenvalue weighted by atomic mass is 32.2. The molecule has 1 saturated carbocycles. The maximum Gasteiger partial charge on any atom is 0.332 e. The van der Waals surface area contributed by atoms with E-state index in [4.69, 9.17) is 4.42 Å². The number of thioether (sulfide) groups is 1. The molecule has 3 aromatic heterocycles. The van der Waals surface area contributed by atoms with Crippen LogP contribution in [0.5, 0.6) is 0 Å². The molecular weight excluding hydrogens is 392 g/mol. The summed E-state index contributed by atoms with van der Waals surface area (Å²) in [5, 5.41) is 9.11. The highest BCUT2D eigenvalue weighted by Crippen LogP contribution is 2.39. The first-order valence-electron chi connectivity index (χ1n) is 9.87. The van der Waals surface area contributed by atoms with Crippen LogP contribution in [0.25, 0.3) is 11.0 Å². The highest BCUT2D eigenvalue weighted by Gasteiger charge is 2.29. The molecule has 3 heterocycles. The normalized spacial score (nSPS) is 14.2. The van der Waals surface area contributed by atoms with E-state index in [0.29, 0.717) is 51.9 Å². The van der Waals surface area contributed by atoms with Crippen LogP contribution in [0, 0.1) is 0 Å². The molecule has 0 aliphatic heterocycles. The molecular formula is C19H24N6O3S. The predicted octanol–water partition coefficient (Wildman–Crippen LogP) is 2.58. The molecule has 9 nitrogen and oxygen atoms in total. The first-order chi connectivity index (χ1) is 13.9. The molecule has 0 unspecified atom stereocenters. The van der Waals surface area contributed by atoms with Crippen LogP contribution in [0.1, 0.15) is 69.5 Å². The lowest BCUT2D eigenvalue weighted by molar-refractivity contribution is 0.466. The van der Waals surface area contributed by atoms with Gasteiger partial charge in [0.1, 0.15) is 16.2 Å². The van der Waals surface area contributed by atoms with Crippen molar-refractivity contribution in [1.29, 1.82) is 0 Å². The molecule has 154 valence electrons. The van der Waals surface area contributed by atoms with Gasteiger partial charge in [-0.15, -0.1) is 10.2 Å². The van der Waals surface area contributed by atoms with Crippen LogP contribution in [0.15, 0.2) is 19.0 Å². The number of aromatic nitrogens is 6. The van der Waals surface area contributed by atoms with E-state index in [2.05, 4.69) is 20.2 Å². The summed E-state index contributed by atoms with van der Waals surface area (Å²) in [6, 6.07) is 0. The lowest BCUT2D eigenvalue weighted by atomic mass is 10.2. The van der Waals surface area contributed by atoms with Gasteiger partial charge in [-0.25, -0.2) is 14.8 Å². The van der Waals surface area contributed by atoms with Crippen molar-refractivity contribution in [3.63, 3.8) is 0 Å². The molecule has 0 saturated heterocycles. The number of aryl methyl sites for hydroxylation is 1. The predicted molar refractivity (Wildman–Crippen MR) is 109 cm³/mol. The highest BCUT2D eigenvalue weighted by molar-refractivity contribution is 7.98. The Balaban J connectivity index is 1.82. The molecule has 0 aromatic carbocycles. The summed E-state index contributed by atoms with van der Waals surface area (Å²) in [6.45, 7) is 6.44. The molecule has 29 heavy (non-hydrogen) atoms. The van der Waals surface area contributed by atoms with Gasteiger partial charge in [-0.2, -0.15) is 0 Å². The summed E-state index contributed by atoms with van der Waals surface area (Å²) >= 11 is 1.36. The van der Waals surface area contributed by atoms with Crippen LogP contribution >= 0.6 is 11.8 Å². The average molecular weight is 417 g/mol. The summed E-state index contributed by atoms with van der Waals surface area (Å²) in [5.41, 5.74) is -0.357. The molecule has 0 amide bonds. The van der Waals surface area contributed by atoms with Crippen molar-refractivity contribution in [1.82, 2.24) is 29.3 Å². The first-order valence-corrected chi connectivity index (χ1v) is 10.9. The number of nitrogens with zero attached hydrogens (tertiary/aromatic N) is 6. The molecule has 0 bridgehead atoms. The fourth-order valence-corrected chi connectivity index (χ4v) is 3.95. The zero-order chi connectivity index (χ0) is 20.7. The molecule has 1 aliphatic rings. The van der Waals surface area contributed by atoms with Gasteiger partial charge in [-0.3, -0.25) is 13.9 Å². The van der Waals surface area contributed by atoms with E-state index in [0.717, 1.165) is 23.8 Å². The van der Waals surface area contributed by atoms with Crippen LogP contribution < -0.4 is 11.2 Å². The molecule has 0 radical (unpaired) electrons. The Morgan fingerprint density at radius 3 is 2.62 bits per heavy atom. The minimum Gasteiger partial charge on any atom is -0.424 e. The number of hydrogen-bond donors (Lipinski definition) is 0. The second kappa shape index (κ2) is 7.74. The lowest BCUT2D eigenvalue weighted by Crippen LogP contribution is -2.39. The number of fused-ring (bicyclic) bond motifs is 1. The quantitative estimate of drug-likeness (QED) is 0.427. The van der Waals surface area contributed by atoms with E-state index in [1.165, 1.54) is 18.8 Å². The molecule has 10 heteroatoms. The maximum atomic E-state index is 12.9. The smallest absolute Gasteiger partial charge is 0.332 e. The van der Waals surface area contributed by atoms with Crippen molar-refractivity contribution in [3.05, 3.63) is 38.4 Å². The van der Waals surface area contributed by atoms with Gasteiger partial charge in [-0.05, 0) is 19.3 Å². The standard InChI is InChI=1S/C19H24N6O3S/c1-5-8-25-15-13(18(26)24(4)19(25)27)17(21-14(20-15)10(2)3)29-9-12-22-23-16(28-12)11-6-7-11/h10-11H,5-9H2,1-4H3. The molecule has 1 fully saturated rings. The van der Waals surface area contributed by atoms with Gasteiger partial charge in [0.15, 0.2) is 5.65 Å². The minimum absolute atomic E-state index is 0.0536. The summed E-state index contributed by atoms with van der Waals surface area (Å²) < 4.78 is 8.41. The van der Waals surface area contributed by atoms with Crippen molar-refractivity contribution >= 4 is 22.8 Å². The van der Waals surface area contributed by atoms with Gasteiger partial charge in [0.05, 0.1) is 5.75 Å². The summed E-state index contributed by atoms with van der Waals surface area (Å²) in [4.78, 5) is 34.8. The third kappa shape index (κ3) is 3.73. The zero-order valence-corrected chi connectivity index (χ0v) is 17.8. The van der Waals surface area contributed by atoms with Gasteiger partial charge in [-0.1, -0.05) is 32.5 Å². The van der Waals surface area contributed by atoms with Crippen LogP contribution in [0.3, 0.4) is 0 Å². The Bertz CT molecular complexity index is 1180. The summed E-state index contributed by atoms with van der Waals surface area (Å²) in [7, 11) is 1.49. The number of hydrogen-bond acceptors (Lipinski definition) is 8. The topological polar surface area (TPSA) is 109 Å². The van der Waals surface area contributed by atoms with Crippen molar-refractivity contribution in [2.75, 3.05) is 0 Å². The Labute approximate surface area is 171 Å². The van der Waals surface area contributed by atoms with Gasteiger partial charge in [0.25, 0.3) is 5.56 Å². The van der Waals surface area contributed by atoms with Gasteiger partial charge >= 0.3 is 5.69 Å². The van der Waals surface area contributed by atoms with E-state index in [1.807, 2.05) is 20.8 Å². The van der Waals surface area contributed by atoms with Crippen LogP contribution in [0.4, 0.5) is 0 Å². The molecule has 1 aliphatic carbocycles. The Morgan fingerprint density at radius 1 is 1.21 bits per heavy atom. The third-order valence-corrected chi connectivity index (χ3v) is 5.83.